The predicted molar refractivity (Wildman–Crippen MR) is 76.7 cm³/mol. The first kappa shape index (κ1) is 14.8. The van der Waals surface area contributed by atoms with E-state index in [1.165, 1.54) is 6.07 Å². The molecule has 0 saturated heterocycles. The van der Waals surface area contributed by atoms with Gasteiger partial charge in [-0.05, 0) is 47.0 Å². The lowest BCUT2D eigenvalue weighted by Gasteiger charge is -2.28. The molecule has 0 spiro atoms. The average molecular weight is 342 g/mol. The van der Waals surface area contributed by atoms with Gasteiger partial charge < -0.3 is 15.5 Å². The van der Waals surface area contributed by atoms with Gasteiger partial charge in [-0.15, -0.1) is 0 Å². The van der Waals surface area contributed by atoms with Gasteiger partial charge in [-0.2, -0.15) is 0 Å². The molecule has 3 N–H and O–H groups in total. The van der Waals surface area contributed by atoms with E-state index in [0.29, 0.717) is 22.9 Å². The summed E-state index contributed by atoms with van der Waals surface area (Å²) in [5.74, 6) is -1.28. The van der Waals surface area contributed by atoms with E-state index in [-0.39, 0.29) is 18.1 Å². The standard InChI is InChI=1S/C14H16BrNO4/c15-10-4-3-9(7-11(10)17)13(20)16-14(8-12(18)19)5-1-2-6-14/h3-4,7,17H,1-2,5-6,8H2,(H,16,20)(H,18,19). The fourth-order valence-electron chi connectivity index (χ4n) is 2.65. The Labute approximate surface area is 125 Å². The van der Waals surface area contributed by atoms with Crippen LogP contribution >= 0.6 is 15.9 Å². The van der Waals surface area contributed by atoms with Crippen LogP contribution in [0.3, 0.4) is 0 Å². The van der Waals surface area contributed by atoms with Crippen LogP contribution < -0.4 is 5.32 Å². The Kier molecular flexibility index (Phi) is 4.32. The molecule has 20 heavy (non-hydrogen) atoms. The van der Waals surface area contributed by atoms with E-state index in [1.54, 1.807) is 12.1 Å². The highest BCUT2D eigenvalue weighted by atomic mass is 79.9. The first-order valence-electron chi connectivity index (χ1n) is 6.45. The number of aromatic hydroxyl groups is 1. The summed E-state index contributed by atoms with van der Waals surface area (Å²) in [5.41, 5.74) is -0.339. The number of carboxylic acid groups (broad SMARTS) is 1. The van der Waals surface area contributed by atoms with E-state index in [2.05, 4.69) is 21.2 Å². The third-order valence-corrected chi connectivity index (χ3v) is 4.31. The largest absolute Gasteiger partial charge is 0.507 e. The maximum absolute atomic E-state index is 12.2. The maximum atomic E-state index is 12.2. The highest BCUT2D eigenvalue weighted by Gasteiger charge is 2.37. The molecule has 6 heteroatoms. The zero-order valence-electron chi connectivity index (χ0n) is 10.9. The Morgan fingerprint density at radius 3 is 2.50 bits per heavy atom. The number of halogens is 1. The lowest BCUT2D eigenvalue weighted by Crippen LogP contribution is -2.47. The van der Waals surface area contributed by atoms with Crippen LogP contribution in [0.2, 0.25) is 0 Å². The number of benzene rings is 1. The van der Waals surface area contributed by atoms with Crippen molar-refractivity contribution < 1.29 is 19.8 Å². The third kappa shape index (κ3) is 3.30. The summed E-state index contributed by atoms with van der Waals surface area (Å²) in [4.78, 5) is 23.2. The lowest BCUT2D eigenvalue weighted by molar-refractivity contribution is -0.138. The highest BCUT2D eigenvalue weighted by Crippen LogP contribution is 2.33. The van der Waals surface area contributed by atoms with E-state index in [1.807, 2.05) is 0 Å². The summed E-state index contributed by atoms with van der Waals surface area (Å²) in [6, 6.07) is 4.54. The van der Waals surface area contributed by atoms with Crippen molar-refractivity contribution in [1.29, 1.82) is 0 Å². The van der Waals surface area contributed by atoms with Gasteiger partial charge >= 0.3 is 5.97 Å². The number of amides is 1. The first-order valence-corrected chi connectivity index (χ1v) is 7.24. The van der Waals surface area contributed by atoms with Crippen LogP contribution in [0.1, 0.15) is 42.5 Å². The summed E-state index contributed by atoms with van der Waals surface area (Å²) >= 11 is 3.15. The van der Waals surface area contributed by atoms with Crippen LogP contribution in [0.15, 0.2) is 22.7 Å². The lowest BCUT2D eigenvalue weighted by atomic mass is 9.92. The number of carbonyl (C=O) groups excluding carboxylic acids is 1. The Hall–Kier alpha value is -1.56. The zero-order valence-corrected chi connectivity index (χ0v) is 12.4. The topological polar surface area (TPSA) is 86.6 Å². The molecule has 1 aliphatic rings. The molecular formula is C14H16BrNO4. The van der Waals surface area contributed by atoms with Crippen molar-refractivity contribution in [2.45, 2.75) is 37.6 Å². The van der Waals surface area contributed by atoms with E-state index in [9.17, 15) is 14.7 Å². The Balaban J connectivity index is 2.16. The zero-order chi connectivity index (χ0) is 14.8. The molecule has 1 aromatic rings. The fraction of sp³-hybridized carbons (Fsp3) is 0.429. The van der Waals surface area contributed by atoms with Crippen LogP contribution in [-0.4, -0.2) is 27.6 Å². The van der Waals surface area contributed by atoms with Gasteiger partial charge in [-0.25, -0.2) is 0 Å². The molecule has 0 heterocycles. The predicted octanol–water partition coefficient (Wildman–Crippen LogP) is 2.67. The number of rotatable bonds is 4. The molecule has 1 fully saturated rings. The average Bonchev–Trinajstić information content (AvgIpc) is 2.79. The van der Waals surface area contributed by atoms with Gasteiger partial charge in [0.1, 0.15) is 5.75 Å². The van der Waals surface area contributed by atoms with Crippen LogP contribution in [0.25, 0.3) is 0 Å². The van der Waals surface area contributed by atoms with E-state index in [0.717, 1.165) is 12.8 Å². The second-order valence-corrected chi connectivity index (χ2v) is 6.03. The summed E-state index contributed by atoms with van der Waals surface area (Å²) in [5, 5.41) is 21.4. The molecule has 108 valence electrons. The number of carboxylic acids is 1. The molecule has 0 unspecified atom stereocenters. The second kappa shape index (κ2) is 5.83. The van der Waals surface area contributed by atoms with Gasteiger partial charge in [-0.1, -0.05) is 12.8 Å². The number of nitrogens with one attached hydrogen (secondary N) is 1. The number of hydrogen-bond acceptors (Lipinski definition) is 3. The smallest absolute Gasteiger partial charge is 0.305 e. The van der Waals surface area contributed by atoms with Gasteiger partial charge in [0.05, 0.1) is 16.4 Å². The second-order valence-electron chi connectivity index (χ2n) is 5.18. The monoisotopic (exact) mass is 341 g/mol. The van der Waals surface area contributed by atoms with Crippen molar-refractivity contribution in [3.05, 3.63) is 28.2 Å². The molecule has 0 atom stereocenters. The molecule has 0 aromatic heterocycles. The molecule has 1 aromatic carbocycles. The van der Waals surface area contributed by atoms with Crippen LogP contribution in [-0.2, 0) is 4.79 Å². The normalized spacial score (nSPS) is 16.9. The van der Waals surface area contributed by atoms with E-state index < -0.39 is 11.5 Å². The van der Waals surface area contributed by atoms with Crippen molar-refractivity contribution >= 4 is 27.8 Å². The molecule has 1 aliphatic carbocycles. The number of phenolic OH excluding ortho intramolecular Hbond substituents is 1. The molecular weight excluding hydrogens is 326 g/mol. The van der Waals surface area contributed by atoms with Crippen molar-refractivity contribution in [2.24, 2.45) is 0 Å². The van der Waals surface area contributed by atoms with Gasteiger partial charge in [0, 0.05) is 5.56 Å². The van der Waals surface area contributed by atoms with Crippen molar-refractivity contribution in [2.75, 3.05) is 0 Å². The first-order chi connectivity index (χ1) is 9.42. The summed E-state index contributed by atoms with van der Waals surface area (Å²) in [6.07, 6.45) is 3.11. The number of aliphatic carboxylic acids is 1. The fourth-order valence-corrected chi connectivity index (χ4v) is 2.90. The quantitative estimate of drug-likeness (QED) is 0.785. The maximum Gasteiger partial charge on any atom is 0.305 e. The van der Waals surface area contributed by atoms with E-state index >= 15 is 0 Å². The minimum Gasteiger partial charge on any atom is -0.507 e. The number of carbonyl (C=O) groups is 2. The SMILES string of the molecule is O=C(O)CC1(NC(=O)c2ccc(Br)c(O)c2)CCCC1. The van der Waals surface area contributed by atoms with Crippen LogP contribution in [0.5, 0.6) is 5.75 Å². The Morgan fingerprint density at radius 1 is 1.30 bits per heavy atom. The van der Waals surface area contributed by atoms with Crippen molar-refractivity contribution in [3.8, 4) is 5.75 Å². The third-order valence-electron chi connectivity index (χ3n) is 3.64. The minimum atomic E-state index is -0.911. The van der Waals surface area contributed by atoms with Crippen LogP contribution in [0.4, 0.5) is 0 Å². The van der Waals surface area contributed by atoms with Gasteiger partial charge in [0.2, 0.25) is 0 Å². The van der Waals surface area contributed by atoms with Gasteiger partial charge in [-0.3, -0.25) is 9.59 Å². The minimum absolute atomic E-state index is 0.0173. The Morgan fingerprint density at radius 2 is 1.95 bits per heavy atom. The Bertz CT molecular complexity index is 538. The van der Waals surface area contributed by atoms with Gasteiger partial charge in [0.15, 0.2) is 0 Å². The highest BCUT2D eigenvalue weighted by molar-refractivity contribution is 9.10. The molecule has 2 rings (SSSR count). The van der Waals surface area contributed by atoms with Crippen molar-refractivity contribution in [3.63, 3.8) is 0 Å². The molecule has 0 radical (unpaired) electrons. The summed E-state index contributed by atoms with van der Waals surface area (Å²) in [7, 11) is 0. The summed E-state index contributed by atoms with van der Waals surface area (Å²) < 4.78 is 0.509. The molecule has 1 saturated carbocycles. The molecule has 0 aliphatic heterocycles. The number of phenols is 1. The summed E-state index contributed by atoms with van der Waals surface area (Å²) in [6.45, 7) is 0. The molecule has 1 amide bonds. The van der Waals surface area contributed by atoms with Crippen LogP contribution in [0, 0.1) is 0 Å². The van der Waals surface area contributed by atoms with Crippen molar-refractivity contribution in [1.82, 2.24) is 5.32 Å². The van der Waals surface area contributed by atoms with Gasteiger partial charge in [0.25, 0.3) is 5.91 Å². The number of hydrogen-bond donors (Lipinski definition) is 3. The van der Waals surface area contributed by atoms with E-state index in [4.69, 9.17) is 5.11 Å². The molecule has 0 bridgehead atoms. The molecule has 5 nitrogen and oxygen atoms in total.